The van der Waals surface area contributed by atoms with Crippen molar-refractivity contribution in [3.8, 4) is 28.3 Å². The van der Waals surface area contributed by atoms with Gasteiger partial charge in [0.1, 0.15) is 5.75 Å². The molecule has 0 saturated carbocycles. The molecule has 6 rings (SSSR count). The van der Waals surface area contributed by atoms with Crippen molar-refractivity contribution in [1.82, 2.24) is 28.5 Å². The molecule has 2 heterocycles. The Labute approximate surface area is 357 Å². The molecule has 61 heavy (non-hydrogen) atoms. The lowest BCUT2D eigenvalue weighted by Crippen LogP contribution is -2.18. The van der Waals surface area contributed by atoms with Crippen LogP contribution in [0.4, 0.5) is 32.0 Å². The number of imidazole rings is 2. The van der Waals surface area contributed by atoms with Crippen molar-refractivity contribution in [2.24, 2.45) is 14.1 Å². The Kier molecular flexibility index (Phi) is 15.7. The summed E-state index contributed by atoms with van der Waals surface area (Å²) in [6, 6.07) is 15.7. The second kappa shape index (κ2) is 19.7. The van der Waals surface area contributed by atoms with Crippen LogP contribution in [0.25, 0.3) is 22.5 Å². The van der Waals surface area contributed by atoms with Crippen molar-refractivity contribution >= 4 is 56.6 Å². The molecular weight excluding hydrogens is 898 g/mol. The van der Waals surface area contributed by atoms with E-state index in [4.69, 9.17) is 34.0 Å². The summed E-state index contributed by atoms with van der Waals surface area (Å²) in [5.74, 6) is -0.135. The zero-order chi connectivity index (χ0) is 45.5. The van der Waals surface area contributed by atoms with Crippen molar-refractivity contribution in [2.45, 2.75) is 28.6 Å². The van der Waals surface area contributed by atoms with Crippen LogP contribution in [0, 0.1) is 0 Å². The topological polar surface area (TPSA) is 183 Å². The fraction of sp³-hybridized carbons (Fsp3) is 0.189. The van der Waals surface area contributed by atoms with Gasteiger partial charge in [0.25, 0.3) is 0 Å². The summed E-state index contributed by atoms with van der Waals surface area (Å²) in [7, 11) is -0.612. The maximum absolute atomic E-state index is 13.2. The largest absolute Gasteiger partial charge is 0.569 e. The van der Waals surface area contributed by atoms with E-state index in [0.29, 0.717) is 53.1 Å². The molecule has 0 aliphatic rings. The number of nitrogens with zero attached hydrogens (tertiary/aromatic N) is 4. The van der Waals surface area contributed by atoms with Gasteiger partial charge in [0.05, 0.1) is 55.0 Å². The van der Waals surface area contributed by atoms with Gasteiger partial charge < -0.3 is 24.5 Å². The highest BCUT2D eigenvalue weighted by molar-refractivity contribution is 7.89. The number of aromatic nitrogens is 4. The number of benzene rings is 4. The molecule has 0 aliphatic heterocycles. The molecule has 13 nitrogen and oxygen atoms in total. The highest BCUT2D eigenvalue weighted by Crippen LogP contribution is 2.38. The number of rotatable bonds is 10. The number of nitrogen functional groups attached to an aromatic ring is 1. The fourth-order valence-corrected chi connectivity index (χ4v) is 7.32. The van der Waals surface area contributed by atoms with Crippen LogP contribution in [0.3, 0.4) is 0 Å². The molecule has 2 aromatic heterocycles. The van der Waals surface area contributed by atoms with E-state index in [1.54, 1.807) is 53.4 Å². The normalized spacial score (nSPS) is 11.9. The highest BCUT2D eigenvalue weighted by Gasteiger charge is 2.34. The van der Waals surface area contributed by atoms with Crippen molar-refractivity contribution in [3.05, 3.63) is 130 Å². The van der Waals surface area contributed by atoms with Crippen LogP contribution >= 0.6 is 23.2 Å². The van der Waals surface area contributed by atoms with E-state index in [9.17, 15) is 43.2 Å². The molecule has 24 heteroatoms. The third-order valence-corrected chi connectivity index (χ3v) is 11.9. The summed E-state index contributed by atoms with van der Waals surface area (Å²) < 4.78 is 136. The zero-order valence-corrected chi connectivity index (χ0v) is 35.4. The van der Waals surface area contributed by atoms with E-state index < -0.39 is 48.5 Å². The van der Waals surface area contributed by atoms with Crippen molar-refractivity contribution < 1.29 is 52.9 Å². The number of alkyl halides is 6. The monoisotopic (exact) mass is 932 g/mol. The summed E-state index contributed by atoms with van der Waals surface area (Å²) in [5, 5.41) is 7.43. The minimum atomic E-state index is -4.57. The predicted molar refractivity (Wildman–Crippen MR) is 219 cm³/mol. The quantitative estimate of drug-likeness (QED) is 0.0633. The van der Waals surface area contributed by atoms with Crippen LogP contribution in [0.5, 0.6) is 5.75 Å². The Hall–Kier alpha value is -5.10. The van der Waals surface area contributed by atoms with E-state index in [1.807, 2.05) is 7.05 Å². The Bertz CT molecular complexity index is 2720. The Balaban J connectivity index is 0.000000219. The number of hydrogen-bond donors (Lipinski definition) is 4. The van der Waals surface area contributed by atoms with Gasteiger partial charge in [-0.25, -0.2) is 36.2 Å². The first kappa shape index (κ1) is 48.6. The maximum Gasteiger partial charge on any atom is 0.569 e. The van der Waals surface area contributed by atoms with Crippen molar-refractivity contribution in [3.63, 3.8) is 0 Å². The first-order valence-corrected chi connectivity index (χ1v) is 20.8. The third kappa shape index (κ3) is 12.7. The average molecular weight is 934 g/mol. The molecule has 5 N–H and O–H groups in total. The minimum absolute atomic E-state index is 0.0384. The van der Waals surface area contributed by atoms with Gasteiger partial charge in [-0.3, -0.25) is 0 Å². The van der Waals surface area contributed by atoms with Crippen LogP contribution in [0.2, 0.25) is 10.0 Å². The molecule has 0 aliphatic carbocycles. The van der Waals surface area contributed by atoms with Gasteiger partial charge in [-0.15, -0.1) is 0 Å². The number of anilines is 1. The lowest BCUT2D eigenvalue weighted by atomic mass is 9.97. The molecule has 1 radical (unpaired) electrons. The average Bonchev–Trinajstić information content (AvgIpc) is 3.84. The maximum atomic E-state index is 13.2. The number of nitrogens with one attached hydrogen (secondary N) is 2. The lowest BCUT2D eigenvalue weighted by molar-refractivity contribution is -0.138. The summed E-state index contributed by atoms with van der Waals surface area (Å²) in [5.41, 5.74) is 7.73. The zero-order valence-electron chi connectivity index (χ0n) is 32.2. The van der Waals surface area contributed by atoms with Gasteiger partial charge >= 0.3 is 20.0 Å². The van der Waals surface area contributed by atoms with Crippen molar-refractivity contribution in [2.75, 3.05) is 19.8 Å². The Morgan fingerprint density at radius 1 is 0.721 bits per heavy atom. The van der Waals surface area contributed by atoms with Gasteiger partial charge in [-0.05, 0) is 92.3 Å². The van der Waals surface area contributed by atoms with Gasteiger partial charge in [-0.1, -0.05) is 35.3 Å². The molecule has 0 atom stereocenters. The number of nitrogens with two attached hydrogens (primary N) is 1. The van der Waals surface area contributed by atoms with Gasteiger partial charge in [0, 0.05) is 43.3 Å². The molecule has 4 aromatic carbocycles. The Morgan fingerprint density at radius 2 is 1.20 bits per heavy atom. The van der Waals surface area contributed by atoms with Gasteiger partial charge in [-0.2, -0.15) is 26.3 Å². The molecule has 325 valence electrons. The van der Waals surface area contributed by atoms with E-state index in [1.165, 1.54) is 56.6 Å². The lowest BCUT2D eigenvalue weighted by Gasteiger charge is -2.13. The van der Waals surface area contributed by atoms with Crippen LogP contribution in [0.15, 0.2) is 108 Å². The van der Waals surface area contributed by atoms with E-state index in [2.05, 4.69) is 24.1 Å². The van der Waals surface area contributed by atoms with E-state index in [-0.39, 0.29) is 27.0 Å². The van der Waals surface area contributed by atoms with Crippen LogP contribution in [0.1, 0.15) is 22.3 Å². The molecule has 0 unspecified atom stereocenters. The molecule has 0 amide bonds. The van der Waals surface area contributed by atoms with Crippen molar-refractivity contribution in [1.29, 1.82) is 0 Å². The molecular formula is C37H35BCl2F6N7O6S2. The van der Waals surface area contributed by atoms with E-state index in [0.717, 1.165) is 12.1 Å². The third-order valence-electron chi connectivity index (χ3n) is 8.39. The van der Waals surface area contributed by atoms with Crippen LogP contribution in [-0.2, 0) is 52.9 Å². The standard InChI is InChI=1S/C19H17ClF3N3O2S.C11H14N4O2S.C7H4BClF3O2/c1-24-29(27,28)14-5-4-13(15(9-14)18-10-26(2)11-25-18)7-12-3-6-17(20)16(8-12)19(21,22)23;1-13-18(16,17)8-3-4-10(12)9(5-8)11-6-15(2)7-14-11;9-6-2-1-4(14-8-13)3-5(6)7(10,11)12/h3-6,8-11,24H,7H2,1-2H3;3-7,13H,12H2,1-2H3;1-3,13H. The molecule has 0 saturated heterocycles. The van der Waals surface area contributed by atoms with E-state index >= 15 is 0 Å². The van der Waals surface area contributed by atoms with Crippen LogP contribution in [-0.4, -0.2) is 62.7 Å². The first-order chi connectivity index (χ1) is 28.4. The number of hydrogen-bond acceptors (Lipinski definition) is 9. The molecule has 0 spiro atoms. The summed E-state index contributed by atoms with van der Waals surface area (Å²) in [6.07, 6.45) is -2.28. The van der Waals surface area contributed by atoms with Gasteiger partial charge in [0.2, 0.25) is 20.0 Å². The highest BCUT2D eigenvalue weighted by atomic mass is 35.5. The second-order valence-electron chi connectivity index (χ2n) is 12.7. The van der Waals surface area contributed by atoms with Gasteiger partial charge in [0.15, 0.2) is 0 Å². The smallest absolute Gasteiger partial charge is 0.537 e. The fourth-order valence-electron chi connectivity index (χ4n) is 5.35. The Morgan fingerprint density at radius 3 is 1.67 bits per heavy atom. The van der Waals surface area contributed by atoms with Crippen LogP contribution < -0.4 is 19.8 Å². The molecule has 0 bridgehead atoms. The second-order valence-corrected chi connectivity index (χ2v) is 17.3. The summed E-state index contributed by atoms with van der Waals surface area (Å²) in [6.45, 7) is 0. The first-order valence-electron chi connectivity index (χ1n) is 17.1. The number of aryl methyl sites for hydroxylation is 2. The molecule has 6 aromatic rings. The molecule has 0 fully saturated rings. The predicted octanol–water partition coefficient (Wildman–Crippen LogP) is 7.10. The number of halogens is 8. The summed E-state index contributed by atoms with van der Waals surface area (Å²) >= 11 is 11.0. The SMILES string of the molecule is CNS(=O)(=O)c1ccc(Cc2ccc(Cl)c(C(F)(F)F)c2)c(-c2cn(C)cn2)c1.CNS(=O)(=O)c1ccc(N)c(-c2cn(C)cn2)c1.O[B]Oc1ccc(Cl)c(C(F)(F)F)c1. The minimum Gasteiger partial charge on any atom is -0.537 e. The summed E-state index contributed by atoms with van der Waals surface area (Å²) in [4.78, 5) is 8.62. The number of sulfonamides is 2.